The number of aromatic hydroxyl groups is 1. The highest BCUT2D eigenvalue weighted by atomic mass is 19.1. The maximum Gasteiger partial charge on any atom is 0.165 e. The molecule has 0 atom stereocenters. The van der Waals surface area contributed by atoms with Gasteiger partial charge in [-0.2, -0.15) is 0 Å². The van der Waals surface area contributed by atoms with E-state index in [0.717, 1.165) is 0 Å². The van der Waals surface area contributed by atoms with Gasteiger partial charge in [0.05, 0.1) is 6.20 Å². The third-order valence-corrected chi connectivity index (χ3v) is 2.88. The van der Waals surface area contributed by atoms with E-state index in [1.54, 1.807) is 48.7 Å². The number of benzene rings is 2. The second kappa shape index (κ2) is 5.62. The Morgan fingerprint density at radius 1 is 1.10 bits per heavy atom. The molecule has 0 unspecified atom stereocenters. The van der Waals surface area contributed by atoms with Crippen LogP contribution in [0, 0.1) is 5.82 Å². The monoisotopic (exact) mass is 285 g/mol. The summed E-state index contributed by atoms with van der Waals surface area (Å²) in [4.78, 5) is 0. The Kier molecular flexibility index (Phi) is 3.51. The summed E-state index contributed by atoms with van der Waals surface area (Å²) in [6.07, 6.45) is 1.62. The van der Waals surface area contributed by atoms with Crippen LogP contribution < -0.4 is 4.74 Å². The molecule has 2 aromatic carbocycles. The number of hydrogen-bond donors (Lipinski definition) is 1. The lowest BCUT2D eigenvalue weighted by atomic mass is 10.3. The van der Waals surface area contributed by atoms with Crippen LogP contribution in [0.3, 0.4) is 0 Å². The first-order chi connectivity index (χ1) is 10.2. The second-order valence-corrected chi connectivity index (χ2v) is 4.36. The molecule has 0 aliphatic carbocycles. The van der Waals surface area contributed by atoms with E-state index in [-0.39, 0.29) is 18.1 Å². The molecule has 0 spiro atoms. The summed E-state index contributed by atoms with van der Waals surface area (Å²) in [6, 6.07) is 12.9. The van der Waals surface area contributed by atoms with E-state index in [1.165, 1.54) is 10.7 Å². The molecule has 0 saturated carbocycles. The van der Waals surface area contributed by atoms with Crippen LogP contribution in [0.15, 0.2) is 54.7 Å². The SMILES string of the molecule is Oc1ccccc1-n1cc(COc2ccccc2F)nn1. The fourth-order valence-electron chi connectivity index (χ4n) is 1.85. The van der Waals surface area contributed by atoms with Gasteiger partial charge in [-0.05, 0) is 24.3 Å². The van der Waals surface area contributed by atoms with Crippen molar-refractivity contribution in [3.05, 3.63) is 66.2 Å². The van der Waals surface area contributed by atoms with Gasteiger partial charge in [0.1, 0.15) is 23.7 Å². The molecule has 0 fully saturated rings. The second-order valence-electron chi connectivity index (χ2n) is 4.36. The standard InChI is InChI=1S/C15H12FN3O2/c16-12-5-1-4-8-15(12)21-10-11-9-19(18-17-11)13-6-2-3-7-14(13)20/h1-9,20H,10H2. The molecule has 6 heteroatoms. The molecule has 3 rings (SSSR count). The average molecular weight is 285 g/mol. The minimum absolute atomic E-state index is 0.0918. The predicted octanol–water partition coefficient (Wildman–Crippen LogP) is 2.69. The Balaban J connectivity index is 1.74. The average Bonchev–Trinajstić information content (AvgIpc) is 2.96. The predicted molar refractivity (Wildman–Crippen MR) is 73.8 cm³/mol. The molecule has 3 aromatic rings. The molecule has 0 aliphatic rings. The molecular weight excluding hydrogens is 273 g/mol. The minimum Gasteiger partial charge on any atom is -0.506 e. The number of phenols is 1. The molecule has 1 aromatic heterocycles. The van der Waals surface area contributed by atoms with Crippen molar-refractivity contribution in [2.45, 2.75) is 6.61 Å². The minimum atomic E-state index is -0.425. The van der Waals surface area contributed by atoms with Crippen LogP contribution in [-0.2, 0) is 6.61 Å². The molecule has 0 amide bonds. The van der Waals surface area contributed by atoms with Gasteiger partial charge in [-0.15, -0.1) is 5.10 Å². The van der Waals surface area contributed by atoms with E-state index in [0.29, 0.717) is 11.4 Å². The van der Waals surface area contributed by atoms with Crippen LogP contribution in [0.5, 0.6) is 11.5 Å². The number of rotatable bonds is 4. The number of halogens is 1. The molecule has 106 valence electrons. The third kappa shape index (κ3) is 2.84. The van der Waals surface area contributed by atoms with E-state index in [1.807, 2.05) is 0 Å². The first-order valence-corrected chi connectivity index (χ1v) is 6.31. The van der Waals surface area contributed by atoms with E-state index in [9.17, 15) is 9.50 Å². The van der Waals surface area contributed by atoms with Crippen LogP contribution in [-0.4, -0.2) is 20.1 Å². The number of phenolic OH excluding ortho intramolecular Hbond substituents is 1. The molecule has 0 aliphatic heterocycles. The summed E-state index contributed by atoms with van der Waals surface area (Å²) in [5, 5.41) is 17.6. The van der Waals surface area contributed by atoms with E-state index >= 15 is 0 Å². The van der Waals surface area contributed by atoms with Crippen LogP contribution in [0.25, 0.3) is 5.69 Å². The zero-order valence-corrected chi connectivity index (χ0v) is 11.0. The van der Waals surface area contributed by atoms with Gasteiger partial charge in [0.2, 0.25) is 0 Å². The lowest BCUT2D eigenvalue weighted by Gasteiger charge is -2.04. The maximum atomic E-state index is 13.4. The van der Waals surface area contributed by atoms with Crippen molar-refractivity contribution in [1.29, 1.82) is 0 Å². The highest BCUT2D eigenvalue weighted by Gasteiger charge is 2.08. The number of para-hydroxylation sites is 3. The zero-order valence-electron chi connectivity index (χ0n) is 11.0. The highest BCUT2D eigenvalue weighted by molar-refractivity contribution is 5.44. The molecule has 1 N–H and O–H groups in total. The van der Waals surface area contributed by atoms with Crippen molar-refractivity contribution in [3.8, 4) is 17.2 Å². The first-order valence-electron chi connectivity index (χ1n) is 6.31. The van der Waals surface area contributed by atoms with Gasteiger partial charge in [0, 0.05) is 0 Å². The molecule has 1 heterocycles. The van der Waals surface area contributed by atoms with Crippen LogP contribution in [0.4, 0.5) is 4.39 Å². The van der Waals surface area contributed by atoms with Gasteiger partial charge in [0.15, 0.2) is 11.6 Å². The molecule has 5 nitrogen and oxygen atoms in total. The smallest absolute Gasteiger partial charge is 0.165 e. The molecular formula is C15H12FN3O2. The first kappa shape index (κ1) is 13.1. The Morgan fingerprint density at radius 2 is 1.86 bits per heavy atom. The van der Waals surface area contributed by atoms with E-state index in [2.05, 4.69) is 10.3 Å². The Labute approximate surface area is 120 Å². The molecule has 0 radical (unpaired) electrons. The normalized spacial score (nSPS) is 10.5. The summed E-state index contributed by atoms with van der Waals surface area (Å²) < 4.78 is 20.2. The van der Waals surface area contributed by atoms with Crippen molar-refractivity contribution in [2.24, 2.45) is 0 Å². The van der Waals surface area contributed by atoms with Gasteiger partial charge < -0.3 is 9.84 Å². The van der Waals surface area contributed by atoms with Crippen molar-refractivity contribution in [2.75, 3.05) is 0 Å². The number of nitrogens with zero attached hydrogens (tertiary/aromatic N) is 3. The highest BCUT2D eigenvalue weighted by Crippen LogP contribution is 2.20. The van der Waals surface area contributed by atoms with Crippen LogP contribution in [0.1, 0.15) is 5.69 Å². The maximum absolute atomic E-state index is 13.4. The van der Waals surface area contributed by atoms with Gasteiger partial charge in [-0.3, -0.25) is 0 Å². The third-order valence-electron chi connectivity index (χ3n) is 2.88. The van der Waals surface area contributed by atoms with E-state index < -0.39 is 5.82 Å². The van der Waals surface area contributed by atoms with Crippen molar-refractivity contribution < 1.29 is 14.2 Å². The fourth-order valence-corrected chi connectivity index (χ4v) is 1.85. The number of hydrogen-bond acceptors (Lipinski definition) is 4. The lowest BCUT2D eigenvalue weighted by molar-refractivity contribution is 0.286. The summed E-state index contributed by atoms with van der Waals surface area (Å²) in [5.74, 6) is -0.163. The summed E-state index contributed by atoms with van der Waals surface area (Å²) in [5.41, 5.74) is 1.05. The Hall–Kier alpha value is -2.89. The summed E-state index contributed by atoms with van der Waals surface area (Å²) in [7, 11) is 0. The summed E-state index contributed by atoms with van der Waals surface area (Å²) >= 11 is 0. The van der Waals surface area contributed by atoms with Gasteiger partial charge in [-0.25, -0.2) is 9.07 Å². The van der Waals surface area contributed by atoms with Gasteiger partial charge in [-0.1, -0.05) is 29.5 Å². The van der Waals surface area contributed by atoms with Crippen molar-refractivity contribution in [3.63, 3.8) is 0 Å². The quantitative estimate of drug-likeness (QED) is 0.800. The topological polar surface area (TPSA) is 60.2 Å². The van der Waals surface area contributed by atoms with Crippen LogP contribution in [0.2, 0.25) is 0 Å². The molecule has 21 heavy (non-hydrogen) atoms. The van der Waals surface area contributed by atoms with Gasteiger partial charge in [0.25, 0.3) is 0 Å². The number of ether oxygens (including phenoxy) is 1. The zero-order chi connectivity index (χ0) is 14.7. The Morgan fingerprint density at radius 3 is 2.67 bits per heavy atom. The molecule has 0 bridgehead atoms. The molecule has 0 saturated heterocycles. The van der Waals surface area contributed by atoms with Crippen molar-refractivity contribution >= 4 is 0 Å². The Bertz CT molecular complexity index is 758. The van der Waals surface area contributed by atoms with Gasteiger partial charge >= 0.3 is 0 Å². The lowest BCUT2D eigenvalue weighted by Crippen LogP contribution is -1.97. The number of aromatic nitrogens is 3. The van der Waals surface area contributed by atoms with E-state index in [4.69, 9.17) is 4.74 Å². The van der Waals surface area contributed by atoms with Crippen LogP contribution >= 0.6 is 0 Å². The fraction of sp³-hybridized carbons (Fsp3) is 0.0667. The summed E-state index contributed by atoms with van der Waals surface area (Å²) in [6.45, 7) is 0.0918. The largest absolute Gasteiger partial charge is 0.506 e. The van der Waals surface area contributed by atoms with Crippen molar-refractivity contribution in [1.82, 2.24) is 15.0 Å².